The molecule has 0 radical (unpaired) electrons. The summed E-state index contributed by atoms with van der Waals surface area (Å²) in [6.07, 6.45) is 0. The highest BCUT2D eigenvalue weighted by Crippen LogP contribution is 2.21. The first-order chi connectivity index (χ1) is 15.4. The summed E-state index contributed by atoms with van der Waals surface area (Å²) < 4.78 is 0. The smallest absolute Gasteiger partial charge is 0.269 e. The van der Waals surface area contributed by atoms with Gasteiger partial charge in [0.05, 0.1) is 11.0 Å². The number of anilines is 1. The van der Waals surface area contributed by atoms with E-state index in [1.54, 1.807) is 0 Å². The zero-order valence-electron chi connectivity index (χ0n) is 17.7. The highest BCUT2D eigenvalue weighted by molar-refractivity contribution is 6.07. The molecule has 1 N–H and O–H groups in total. The molecule has 2 amide bonds. The van der Waals surface area contributed by atoms with Crippen LogP contribution in [0.25, 0.3) is 10.8 Å². The van der Waals surface area contributed by atoms with Crippen LogP contribution in [-0.4, -0.2) is 58.8 Å². The molecule has 1 fully saturated rings. The molecule has 1 aliphatic rings. The van der Waals surface area contributed by atoms with Gasteiger partial charge in [-0.15, -0.1) is 0 Å². The lowest BCUT2D eigenvalue weighted by Crippen LogP contribution is -2.54. The van der Waals surface area contributed by atoms with Crippen LogP contribution in [0, 0.1) is 10.1 Å². The van der Waals surface area contributed by atoms with Gasteiger partial charge in [0.1, 0.15) is 0 Å². The summed E-state index contributed by atoms with van der Waals surface area (Å²) in [5.41, 5.74) is 1.18. The van der Waals surface area contributed by atoms with E-state index in [4.69, 9.17) is 0 Å². The second-order valence-electron chi connectivity index (χ2n) is 7.82. The summed E-state index contributed by atoms with van der Waals surface area (Å²) in [5, 5.41) is 15.5. The summed E-state index contributed by atoms with van der Waals surface area (Å²) in [6, 6.07) is 19.0. The topological polar surface area (TPSA) is 95.8 Å². The van der Waals surface area contributed by atoms with E-state index in [-0.39, 0.29) is 23.5 Å². The largest absolute Gasteiger partial charge is 0.336 e. The van der Waals surface area contributed by atoms with E-state index in [0.29, 0.717) is 37.4 Å². The number of nitrogens with zero attached hydrogens (tertiary/aromatic N) is 3. The van der Waals surface area contributed by atoms with Crippen LogP contribution in [0.1, 0.15) is 17.3 Å². The first-order valence-corrected chi connectivity index (χ1v) is 10.5. The molecule has 0 bridgehead atoms. The fourth-order valence-corrected chi connectivity index (χ4v) is 3.97. The molecule has 8 nitrogen and oxygen atoms in total. The summed E-state index contributed by atoms with van der Waals surface area (Å²) in [7, 11) is 0. The van der Waals surface area contributed by atoms with Gasteiger partial charge in [-0.05, 0) is 35.9 Å². The molecule has 32 heavy (non-hydrogen) atoms. The van der Waals surface area contributed by atoms with Gasteiger partial charge in [0.2, 0.25) is 5.91 Å². The second kappa shape index (κ2) is 9.15. The maximum Gasteiger partial charge on any atom is 0.269 e. The Labute approximate surface area is 185 Å². The minimum absolute atomic E-state index is 0.00411. The number of rotatable bonds is 5. The maximum atomic E-state index is 13.1. The van der Waals surface area contributed by atoms with Crippen LogP contribution in [0.4, 0.5) is 11.4 Å². The third-order valence-electron chi connectivity index (χ3n) is 5.89. The van der Waals surface area contributed by atoms with E-state index in [0.717, 1.165) is 10.8 Å². The molecule has 8 heteroatoms. The minimum atomic E-state index is -0.479. The number of hydrogen-bond donors (Lipinski definition) is 1. The lowest BCUT2D eigenvalue weighted by molar-refractivity contribution is -0.384. The van der Waals surface area contributed by atoms with Crippen LogP contribution >= 0.6 is 0 Å². The van der Waals surface area contributed by atoms with Gasteiger partial charge in [0.25, 0.3) is 11.6 Å². The average molecular weight is 432 g/mol. The Balaban J connectivity index is 1.36. The molecule has 4 rings (SSSR count). The van der Waals surface area contributed by atoms with Crippen LogP contribution in [0.2, 0.25) is 0 Å². The van der Waals surface area contributed by atoms with E-state index in [2.05, 4.69) is 5.32 Å². The molecule has 3 aromatic rings. The SMILES string of the molecule is CC(C(=O)Nc1ccc([N+](=O)[O-])cc1)N1CCN(C(=O)c2cccc3ccccc23)CC1. The van der Waals surface area contributed by atoms with Crippen molar-refractivity contribution in [1.82, 2.24) is 9.80 Å². The van der Waals surface area contributed by atoms with Crippen molar-refractivity contribution in [3.05, 3.63) is 82.4 Å². The lowest BCUT2D eigenvalue weighted by atomic mass is 10.0. The van der Waals surface area contributed by atoms with E-state index in [1.807, 2.05) is 59.2 Å². The second-order valence-corrected chi connectivity index (χ2v) is 7.82. The highest BCUT2D eigenvalue weighted by Gasteiger charge is 2.28. The number of non-ortho nitro benzene ring substituents is 1. The Morgan fingerprint density at radius 3 is 2.28 bits per heavy atom. The molecule has 1 saturated heterocycles. The average Bonchev–Trinajstić information content (AvgIpc) is 2.83. The monoisotopic (exact) mass is 432 g/mol. The lowest BCUT2D eigenvalue weighted by Gasteiger charge is -2.37. The number of carbonyl (C=O) groups is 2. The third-order valence-corrected chi connectivity index (χ3v) is 5.89. The fraction of sp³-hybridized carbons (Fsp3) is 0.250. The molecule has 0 aromatic heterocycles. The van der Waals surface area contributed by atoms with Crippen molar-refractivity contribution in [2.45, 2.75) is 13.0 Å². The molecule has 1 atom stereocenters. The van der Waals surface area contributed by atoms with Gasteiger partial charge in [-0.1, -0.05) is 36.4 Å². The van der Waals surface area contributed by atoms with Crippen LogP contribution in [0.5, 0.6) is 0 Å². The fourth-order valence-electron chi connectivity index (χ4n) is 3.97. The van der Waals surface area contributed by atoms with Crippen LogP contribution in [0.3, 0.4) is 0 Å². The molecule has 1 heterocycles. The summed E-state index contributed by atoms with van der Waals surface area (Å²) in [5.74, 6) is -0.183. The summed E-state index contributed by atoms with van der Waals surface area (Å²) in [6.45, 7) is 4.08. The standard InChI is InChI=1S/C24H24N4O4/c1-17(23(29)25-19-9-11-20(12-10-19)28(31)32)26-13-15-27(16-14-26)24(30)22-8-4-6-18-5-2-3-7-21(18)22/h2-12,17H,13-16H2,1H3,(H,25,29). The van der Waals surface area contributed by atoms with E-state index >= 15 is 0 Å². The normalized spacial score (nSPS) is 15.3. The van der Waals surface area contributed by atoms with Crippen molar-refractivity contribution in [3.63, 3.8) is 0 Å². The zero-order chi connectivity index (χ0) is 22.7. The number of carbonyl (C=O) groups excluding carboxylic acids is 2. The van der Waals surface area contributed by atoms with Gasteiger partial charge in [-0.2, -0.15) is 0 Å². The Morgan fingerprint density at radius 2 is 1.59 bits per heavy atom. The van der Waals surface area contributed by atoms with Crippen LogP contribution in [0.15, 0.2) is 66.7 Å². The van der Waals surface area contributed by atoms with Gasteiger partial charge in [-0.3, -0.25) is 24.6 Å². The van der Waals surface area contributed by atoms with Crippen molar-refractivity contribution in [1.29, 1.82) is 0 Å². The number of benzene rings is 3. The molecule has 1 aliphatic heterocycles. The number of hydrogen-bond acceptors (Lipinski definition) is 5. The van der Waals surface area contributed by atoms with Crippen molar-refractivity contribution in [3.8, 4) is 0 Å². The quantitative estimate of drug-likeness (QED) is 0.492. The Bertz CT molecular complexity index is 1150. The van der Waals surface area contributed by atoms with Gasteiger partial charge in [0, 0.05) is 49.6 Å². The number of nitrogens with one attached hydrogen (secondary N) is 1. The maximum absolute atomic E-state index is 13.1. The zero-order valence-corrected chi connectivity index (χ0v) is 17.7. The molecule has 0 saturated carbocycles. The summed E-state index contributed by atoms with van der Waals surface area (Å²) >= 11 is 0. The number of piperazine rings is 1. The van der Waals surface area contributed by atoms with E-state index in [9.17, 15) is 19.7 Å². The molecule has 3 aromatic carbocycles. The van der Waals surface area contributed by atoms with Gasteiger partial charge in [-0.25, -0.2) is 0 Å². The highest BCUT2D eigenvalue weighted by atomic mass is 16.6. The van der Waals surface area contributed by atoms with E-state index < -0.39 is 4.92 Å². The number of fused-ring (bicyclic) bond motifs is 1. The van der Waals surface area contributed by atoms with Crippen molar-refractivity contribution >= 4 is 34.0 Å². The number of nitro groups is 1. The molecule has 1 unspecified atom stereocenters. The van der Waals surface area contributed by atoms with Crippen LogP contribution in [-0.2, 0) is 4.79 Å². The first kappa shape index (κ1) is 21.5. The molecule has 164 valence electrons. The van der Waals surface area contributed by atoms with E-state index in [1.165, 1.54) is 24.3 Å². The Hall–Kier alpha value is -3.78. The van der Waals surface area contributed by atoms with Crippen LogP contribution < -0.4 is 5.32 Å². The number of nitro benzene ring substituents is 1. The summed E-state index contributed by atoms with van der Waals surface area (Å²) in [4.78, 5) is 39.9. The van der Waals surface area contributed by atoms with Gasteiger partial charge >= 0.3 is 0 Å². The van der Waals surface area contributed by atoms with Crippen molar-refractivity contribution in [2.24, 2.45) is 0 Å². The predicted molar refractivity (Wildman–Crippen MR) is 123 cm³/mol. The van der Waals surface area contributed by atoms with Gasteiger partial charge < -0.3 is 10.2 Å². The molecule has 0 aliphatic carbocycles. The van der Waals surface area contributed by atoms with Crippen molar-refractivity contribution in [2.75, 3.05) is 31.5 Å². The van der Waals surface area contributed by atoms with Gasteiger partial charge in [0.15, 0.2) is 0 Å². The molecular formula is C24H24N4O4. The Morgan fingerprint density at radius 1 is 0.938 bits per heavy atom. The predicted octanol–water partition coefficient (Wildman–Crippen LogP) is 3.53. The van der Waals surface area contributed by atoms with Crippen molar-refractivity contribution < 1.29 is 14.5 Å². The Kier molecular flexibility index (Phi) is 6.13. The first-order valence-electron chi connectivity index (χ1n) is 10.5. The third kappa shape index (κ3) is 4.45. The molecule has 0 spiro atoms. The number of amides is 2. The molecular weight excluding hydrogens is 408 g/mol. The minimum Gasteiger partial charge on any atom is -0.336 e.